The molecule has 0 aromatic heterocycles. The van der Waals surface area contributed by atoms with Crippen molar-refractivity contribution in [3.63, 3.8) is 0 Å². The third kappa shape index (κ3) is 4.27. The highest BCUT2D eigenvalue weighted by Crippen LogP contribution is 2.26. The lowest BCUT2D eigenvalue weighted by molar-refractivity contribution is -0.209. The monoisotopic (exact) mass is 344 g/mol. The number of aliphatic hydroxyl groups excluding tert-OH is 1. The third-order valence-corrected chi connectivity index (χ3v) is 4.50. The molecule has 134 valence electrons. The van der Waals surface area contributed by atoms with E-state index in [9.17, 15) is 18.0 Å². The number of β-amino-alcohol motifs (C(OH)–C–C–N with tert-alkyl or cyclic N) is 1. The van der Waals surface area contributed by atoms with Crippen molar-refractivity contribution in [2.24, 2.45) is 0 Å². The maximum absolute atomic E-state index is 12.8. The van der Waals surface area contributed by atoms with E-state index in [2.05, 4.69) is 0 Å². The molecule has 0 saturated carbocycles. The number of hydrogen-bond acceptors (Lipinski definition) is 3. The fourth-order valence-electron chi connectivity index (χ4n) is 2.86. The van der Waals surface area contributed by atoms with Crippen LogP contribution in [0, 0.1) is 0 Å². The molecule has 1 amide bonds. The van der Waals surface area contributed by atoms with E-state index < -0.39 is 24.2 Å². The molecule has 1 heterocycles. The summed E-state index contributed by atoms with van der Waals surface area (Å²) >= 11 is 0. The smallest absolute Gasteiger partial charge is 0.382 e. The van der Waals surface area contributed by atoms with E-state index in [0.29, 0.717) is 26.2 Å². The van der Waals surface area contributed by atoms with E-state index in [1.54, 1.807) is 4.90 Å². The van der Waals surface area contributed by atoms with Gasteiger partial charge in [-0.05, 0) is 19.4 Å². The van der Waals surface area contributed by atoms with E-state index in [1.807, 2.05) is 44.2 Å². The summed E-state index contributed by atoms with van der Waals surface area (Å²) in [6, 6.07) is 9.43. The molecular weight excluding hydrogens is 321 g/mol. The van der Waals surface area contributed by atoms with Gasteiger partial charge < -0.3 is 10.0 Å². The first kappa shape index (κ1) is 18.7. The molecule has 7 heteroatoms. The summed E-state index contributed by atoms with van der Waals surface area (Å²) in [5.41, 5.74) is 0.222. The van der Waals surface area contributed by atoms with Crippen molar-refractivity contribution in [2.45, 2.75) is 31.5 Å². The van der Waals surface area contributed by atoms with Gasteiger partial charge in [0.15, 0.2) is 6.10 Å². The van der Waals surface area contributed by atoms with Gasteiger partial charge in [-0.2, -0.15) is 13.2 Å². The number of hydrogen-bond donors (Lipinski definition) is 1. The largest absolute Gasteiger partial charge is 0.415 e. The van der Waals surface area contributed by atoms with Gasteiger partial charge in [0, 0.05) is 32.7 Å². The van der Waals surface area contributed by atoms with Crippen molar-refractivity contribution in [1.29, 1.82) is 0 Å². The number of benzene rings is 1. The van der Waals surface area contributed by atoms with Gasteiger partial charge in [-0.1, -0.05) is 30.3 Å². The Morgan fingerprint density at radius 3 is 2.17 bits per heavy atom. The number of rotatable bonds is 4. The number of aliphatic hydroxyl groups is 1. The van der Waals surface area contributed by atoms with Gasteiger partial charge in [0.25, 0.3) is 0 Å². The number of amides is 1. The lowest BCUT2D eigenvalue weighted by Crippen LogP contribution is -2.55. The Kier molecular flexibility index (Phi) is 5.55. The number of alkyl halides is 3. The SMILES string of the molecule is CC(C)(C(=O)N1CCN(C[C@@H](O)C(F)(F)F)CC1)c1ccccc1. The molecule has 1 aromatic carbocycles. The van der Waals surface area contributed by atoms with E-state index >= 15 is 0 Å². The number of piperazine rings is 1. The van der Waals surface area contributed by atoms with Crippen LogP contribution in [0.15, 0.2) is 30.3 Å². The number of carbonyl (C=O) groups excluding carboxylic acids is 1. The zero-order valence-corrected chi connectivity index (χ0v) is 13.9. The Morgan fingerprint density at radius 1 is 1.12 bits per heavy atom. The second-order valence-corrected chi connectivity index (χ2v) is 6.64. The normalized spacial score (nSPS) is 18.5. The van der Waals surface area contributed by atoms with Gasteiger partial charge in [-0.15, -0.1) is 0 Å². The molecule has 0 aliphatic carbocycles. The Hall–Kier alpha value is -1.60. The average Bonchev–Trinajstić information content (AvgIpc) is 2.55. The van der Waals surface area contributed by atoms with Crippen LogP contribution in [0.4, 0.5) is 13.2 Å². The molecule has 1 aliphatic rings. The molecule has 1 aromatic rings. The summed E-state index contributed by atoms with van der Waals surface area (Å²) < 4.78 is 37.2. The molecule has 1 fully saturated rings. The Morgan fingerprint density at radius 2 is 1.67 bits per heavy atom. The first-order valence-corrected chi connectivity index (χ1v) is 7.94. The minimum atomic E-state index is -4.61. The standard InChI is InChI=1S/C17H23F3N2O2/c1-16(2,13-6-4-3-5-7-13)15(24)22-10-8-21(9-11-22)12-14(23)17(18,19)20/h3-7,14,23H,8-12H2,1-2H3/t14-/m1/s1. The van der Waals surface area contributed by atoms with E-state index in [0.717, 1.165) is 5.56 Å². The highest BCUT2D eigenvalue weighted by molar-refractivity contribution is 5.87. The summed E-state index contributed by atoms with van der Waals surface area (Å²) in [5.74, 6) is -0.0373. The highest BCUT2D eigenvalue weighted by atomic mass is 19.4. The molecule has 0 spiro atoms. The second-order valence-electron chi connectivity index (χ2n) is 6.64. The van der Waals surface area contributed by atoms with E-state index in [-0.39, 0.29) is 5.91 Å². The molecule has 0 unspecified atom stereocenters. The van der Waals surface area contributed by atoms with Crippen molar-refractivity contribution in [2.75, 3.05) is 32.7 Å². The van der Waals surface area contributed by atoms with Gasteiger partial charge in [0.2, 0.25) is 5.91 Å². The van der Waals surface area contributed by atoms with Crippen LogP contribution in [-0.2, 0) is 10.2 Å². The molecule has 0 bridgehead atoms. The zero-order valence-electron chi connectivity index (χ0n) is 13.9. The molecular formula is C17H23F3N2O2. The maximum Gasteiger partial charge on any atom is 0.415 e. The molecule has 1 N–H and O–H groups in total. The fourth-order valence-corrected chi connectivity index (χ4v) is 2.86. The molecule has 0 radical (unpaired) electrons. The van der Waals surface area contributed by atoms with E-state index in [4.69, 9.17) is 5.11 Å². The maximum atomic E-state index is 12.8. The van der Waals surface area contributed by atoms with Crippen LogP contribution in [0.5, 0.6) is 0 Å². The van der Waals surface area contributed by atoms with Crippen molar-refractivity contribution in [1.82, 2.24) is 9.80 Å². The predicted octanol–water partition coefficient (Wildman–Crippen LogP) is 2.03. The van der Waals surface area contributed by atoms with Crippen LogP contribution in [0.2, 0.25) is 0 Å². The average molecular weight is 344 g/mol. The quantitative estimate of drug-likeness (QED) is 0.909. The minimum Gasteiger partial charge on any atom is -0.382 e. The molecule has 2 rings (SSSR count). The molecule has 1 aliphatic heterocycles. The van der Waals surface area contributed by atoms with Crippen molar-refractivity contribution >= 4 is 5.91 Å². The van der Waals surface area contributed by atoms with Crippen LogP contribution in [-0.4, -0.2) is 65.8 Å². The van der Waals surface area contributed by atoms with Gasteiger partial charge in [0.05, 0.1) is 5.41 Å². The Labute approximate surface area is 139 Å². The predicted molar refractivity (Wildman–Crippen MR) is 84.5 cm³/mol. The second kappa shape index (κ2) is 7.11. The minimum absolute atomic E-state index is 0.0373. The topological polar surface area (TPSA) is 43.8 Å². The van der Waals surface area contributed by atoms with Crippen LogP contribution in [0.1, 0.15) is 19.4 Å². The van der Waals surface area contributed by atoms with Crippen LogP contribution >= 0.6 is 0 Å². The van der Waals surface area contributed by atoms with Gasteiger partial charge in [-0.3, -0.25) is 9.69 Å². The number of halogens is 3. The van der Waals surface area contributed by atoms with Crippen LogP contribution < -0.4 is 0 Å². The Bertz CT molecular complexity index is 553. The van der Waals surface area contributed by atoms with Crippen LogP contribution in [0.3, 0.4) is 0 Å². The first-order chi connectivity index (χ1) is 11.1. The zero-order chi connectivity index (χ0) is 18.0. The molecule has 1 atom stereocenters. The summed E-state index contributed by atoms with van der Waals surface area (Å²) in [6.45, 7) is 4.62. The molecule has 4 nitrogen and oxygen atoms in total. The summed E-state index contributed by atoms with van der Waals surface area (Å²) in [5, 5.41) is 9.14. The van der Waals surface area contributed by atoms with Crippen molar-refractivity contribution in [3.05, 3.63) is 35.9 Å². The van der Waals surface area contributed by atoms with Crippen LogP contribution in [0.25, 0.3) is 0 Å². The lowest BCUT2D eigenvalue weighted by Gasteiger charge is -2.39. The Balaban J connectivity index is 1.93. The van der Waals surface area contributed by atoms with Crippen molar-refractivity contribution < 1.29 is 23.1 Å². The third-order valence-electron chi connectivity index (χ3n) is 4.50. The van der Waals surface area contributed by atoms with Crippen molar-refractivity contribution in [3.8, 4) is 0 Å². The fraction of sp³-hybridized carbons (Fsp3) is 0.588. The van der Waals surface area contributed by atoms with Gasteiger partial charge in [-0.25, -0.2) is 0 Å². The van der Waals surface area contributed by atoms with Gasteiger partial charge >= 0.3 is 6.18 Å². The molecule has 1 saturated heterocycles. The number of carbonyl (C=O) groups is 1. The lowest BCUT2D eigenvalue weighted by atomic mass is 9.83. The summed E-state index contributed by atoms with van der Waals surface area (Å²) in [4.78, 5) is 16.0. The summed E-state index contributed by atoms with van der Waals surface area (Å²) in [6.07, 6.45) is -6.96. The van der Waals surface area contributed by atoms with E-state index in [1.165, 1.54) is 4.90 Å². The molecule has 24 heavy (non-hydrogen) atoms. The number of nitrogens with zero attached hydrogens (tertiary/aromatic N) is 2. The summed E-state index contributed by atoms with van der Waals surface area (Å²) in [7, 11) is 0. The first-order valence-electron chi connectivity index (χ1n) is 7.94. The van der Waals surface area contributed by atoms with Gasteiger partial charge in [0.1, 0.15) is 0 Å². The highest BCUT2D eigenvalue weighted by Gasteiger charge is 2.40.